The second-order valence-electron chi connectivity index (χ2n) is 4.81. The summed E-state index contributed by atoms with van der Waals surface area (Å²) in [5.41, 5.74) is 0.406. The lowest BCUT2D eigenvalue weighted by Gasteiger charge is -2.29. The van der Waals surface area contributed by atoms with Crippen molar-refractivity contribution in [3.05, 3.63) is 29.6 Å². The number of hydrogen-bond acceptors (Lipinski definition) is 3. The van der Waals surface area contributed by atoms with Crippen molar-refractivity contribution in [2.24, 2.45) is 5.92 Å². The van der Waals surface area contributed by atoms with Crippen LogP contribution in [0.3, 0.4) is 0 Å². The Balaban J connectivity index is 2.31. The molecule has 19 heavy (non-hydrogen) atoms. The summed E-state index contributed by atoms with van der Waals surface area (Å²) < 4.78 is 39.5. The average Bonchev–Trinajstić information content (AvgIpc) is 2.41. The normalized spacial score (nSPS) is 21.3. The maximum absolute atomic E-state index is 13.5. The number of carbonyl (C=O) groups is 1. The van der Waals surface area contributed by atoms with Crippen LogP contribution in [0.1, 0.15) is 18.4 Å². The highest BCUT2D eigenvalue weighted by Crippen LogP contribution is 2.24. The van der Waals surface area contributed by atoms with E-state index in [1.54, 1.807) is 6.92 Å². The van der Waals surface area contributed by atoms with E-state index in [9.17, 15) is 17.6 Å². The molecule has 1 fully saturated rings. The zero-order valence-electron chi connectivity index (χ0n) is 10.7. The lowest BCUT2D eigenvalue weighted by atomic mass is 10.0. The van der Waals surface area contributed by atoms with Gasteiger partial charge in [0.25, 0.3) is 0 Å². The van der Waals surface area contributed by atoms with Gasteiger partial charge in [-0.3, -0.25) is 0 Å². The van der Waals surface area contributed by atoms with Gasteiger partial charge >= 0.3 is 0 Å². The van der Waals surface area contributed by atoms with Crippen LogP contribution in [0.4, 0.5) is 4.39 Å². The Kier molecular flexibility index (Phi) is 4.01. The molecule has 1 aliphatic heterocycles. The first-order valence-corrected chi connectivity index (χ1v) is 7.61. The molecule has 0 N–H and O–H groups in total. The number of halogens is 1. The maximum Gasteiger partial charge on any atom is 0.243 e. The second-order valence-corrected chi connectivity index (χ2v) is 6.75. The van der Waals surface area contributed by atoms with Gasteiger partial charge in [-0.1, -0.05) is 6.07 Å². The van der Waals surface area contributed by atoms with E-state index in [2.05, 4.69) is 0 Å². The zero-order chi connectivity index (χ0) is 14.0. The minimum absolute atomic E-state index is 0.0536. The molecule has 1 saturated heterocycles. The predicted octanol–water partition coefficient (Wildman–Crippen LogP) is 1.73. The number of hydrogen-bond donors (Lipinski definition) is 0. The van der Waals surface area contributed by atoms with Crippen molar-refractivity contribution in [3.63, 3.8) is 0 Å². The van der Waals surface area contributed by atoms with Gasteiger partial charge in [0, 0.05) is 19.0 Å². The number of carbonyl (C=O) groups excluding carboxylic acids is 1. The fourth-order valence-corrected chi connectivity index (χ4v) is 3.73. The average molecular weight is 285 g/mol. The minimum atomic E-state index is -3.71. The summed E-state index contributed by atoms with van der Waals surface area (Å²) in [7, 11) is -3.71. The van der Waals surface area contributed by atoms with Crippen molar-refractivity contribution < 1.29 is 17.6 Å². The number of benzene rings is 1. The minimum Gasteiger partial charge on any atom is -0.303 e. The Morgan fingerprint density at radius 2 is 2.16 bits per heavy atom. The second kappa shape index (κ2) is 5.38. The van der Waals surface area contributed by atoms with Gasteiger partial charge in [0.15, 0.2) is 0 Å². The van der Waals surface area contributed by atoms with Crippen molar-refractivity contribution in [2.75, 3.05) is 13.1 Å². The molecule has 1 atom stereocenters. The van der Waals surface area contributed by atoms with Gasteiger partial charge in [0.2, 0.25) is 10.0 Å². The Bertz CT molecular complexity index is 586. The van der Waals surface area contributed by atoms with Crippen LogP contribution in [-0.2, 0) is 14.8 Å². The van der Waals surface area contributed by atoms with Crippen LogP contribution in [-0.4, -0.2) is 32.1 Å². The molecule has 1 aromatic carbocycles. The van der Waals surface area contributed by atoms with Gasteiger partial charge in [-0.05, 0) is 37.5 Å². The monoisotopic (exact) mass is 285 g/mol. The molecule has 1 heterocycles. The number of aryl methyl sites for hydroxylation is 1. The van der Waals surface area contributed by atoms with Crippen molar-refractivity contribution in [1.82, 2.24) is 4.31 Å². The number of nitrogens with zero attached hydrogens (tertiary/aromatic N) is 1. The van der Waals surface area contributed by atoms with E-state index in [0.717, 1.165) is 12.4 Å². The summed E-state index contributed by atoms with van der Waals surface area (Å²) in [6.07, 6.45) is 2.15. The largest absolute Gasteiger partial charge is 0.303 e. The van der Waals surface area contributed by atoms with E-state index < -0.39 is 15.8 Å². The molecule has 0 bridgehead atoms. The molecular formula is C13H16FNO3S. The zero-order valence-corrected chi connectivity index (χ0v) is 11.5. The molecule has 0 spiro atoms. The maximum atomic E-state index is 13.5. The van der Waals surface area contributed by atoms with Crippen LogP contribution < -0.4 is 0 Å². The van der Waals surface area contributed by atoms with Crippen LogP contribution in [0.15, 0.2) is 23.1 Å². The molecule has 1 aliphatic rings. The van der Waals surface area contributed by atoms with Crippen LogP contribution in [0.25, 0.3) is 0 Å². The van der Waals surface area contributed by atoms with E-state index in [1.165, 1.54) is 16.4 Å². The number of piperidine rings is 1. The Morgan fingerprint density at radius 3 is 2.79 bits per heavy atom. The molecule has 0 saturated carbocycles. The molecule has 0 aromatic heterocycles. The first-order chi connectivity index (χ1) is 8.95. The van der Waals surface area contributed by atoms with Crippen molar-refractivity contribution in [1.29, 1.82) is 0 Å². The van der Waals surface area contributed by atoms with Crippen molar-refractivity contribution in [2.45, 2.75) is 24.7 Å². The Labute approximate surface area is 112 Å². The molecule has 4 nitrogen and oxygen atoms in total. The molecule has 104 valence electrons. The van der Waals surface area contributed by atoms with Gasteiger partial charge in [-0.15, -0.1) is 0 Å². The summed E-state index contributed by atoms with van der Waals surface area (Å²) in [5, 5.41) is 0. The van der Waals surface area contributed by atoms with Gasteiger partial charge in [0.1, 0.15) is 12.1 Å². The molecule has 0 radical (unpaired) electrons. The highest BCUT2D eigenvalue weighted by molar-refractivity contribution is 7.89. The molecular weight excluding hydrogens is 269 g/mol. The summed E-state index contributed by atoms with van der Waals surface area (Å²) in [4.78, 5) is 10.7. The molecule has 1 unspecified atom stereocenters. The number of aldehydes is 1. The Hall–Kier alpha value is -1.27. The molecule has 6 heteroatoms. The molecule has 2 rings (SSSR count). The predicted molar refractivity (Wildman–Crippen MR) is 68.7 cm³/mol. The van der Waals surface area contributed by atoms with Crippen LogP contribution in [0, 0.1) is 18.7 Å². The first-order valence-electron chi connectivity index (χ1n) is 6.17. The van der Waals surface area contributed by atoms with E-state index in [1.807, 2.05) is 0 Å². The smallest absolute Gasteiger partial charge is 0.243 e. The lowest BCUT2D eigenvalue weighted by molar-refractivity contribution is -0.112. The summed E-state index contributed by atoms with van der Waals surface area (Å²) in [6, 6.07) is 3.89. The van der Waals surface area contributed by atoms with Crippen molar-refractivity contribution >= 4 is 16.3 Å². The summed E-state index contributed by atoms with van der Waals surface area (Å²) in [6.45, 7) is 2.14. The van der Waals surface area contributed by atoms with Gasteiger partial charge in [0.05, 0.1) is 4.90 Å². The molecule has 0 amide bonds. The summed E-state index contributed by atoms with van der Waals surface area (Å²) >= 11 is 0. The molecule has 0 aliphatic carbocycles. The van der Waals surface area contributed by atoms with E-state index in [0.29, 0.717) is 24.9 Å². The third-order valence-corrected chi connectivity index (χ3v) is 5.26. The third-order valence-electron chi connectivity index (χ3n) is 3.39. The van der Waals surface area contributed by atoms with Crippen LogP contribution >= 0.6 is 0 Å². The fourth-order valence-electron chi connectivity index (χ4n) is 2.19. The quantitative estimate of drug-likeness (QED) is 0.795. The summed E-state index contributed by atoms with van der Waals surface area (Å²) in [5.74, 6) is -0.802. The standard InChI is InChI=1S/C13H16FNO3S/c1-10-4-5-12(7-13(10)14)19(17,18)15-6-2-3-11(8-15)9-16/h4-5,7,9,11H,2-3,6,8H2,1H3. The fraction of sp³-hybridized carbons (Fsp3) is 0.462. The highest BCUT2D eigenvalue weighted by Gasteiger charge is 2.30. The lowest BCUT2D eigenvalue weighted by Crippen LogP contribution is -2.40. The number of rotatable bonds is 3. The van der Waals surface area contributed by atoms with Crippen LogP contribution in [0.5, 0.6) is 0 Å². The third kappa shape index (κ3) is 2.84. The first kappa shape index (κ1) is 14.1. The Morgan fingerprint density at radius 1 is 1.42 bits per heavy atom. The van der Waals surface area contributed by atoms with Crippen molar-refractivity contribution in [3.8, 4) is 0 Å². The highest BCUT2D eigenvalue weighted by atomic mass is 32.2. The molecule has 1 aromatic rings. The van der Waals surface area contributed by atoms with Crippen LogP contribution in [0.2, 0.25) is 0 Å². The van der Waals surface area contributed by atoms with Gasteiger partial charge < -0.3 is 4.79 Å². The van der Waals surface area contributed by atoms with E-state index in [-0.39, 0.29) is 17.4 Å². The van der Waals surface area contributed by atoms with Gasteiger partial charge in [-0.25, -0.2) is 12.8 Å². The van der Waals surface area contributed by atoms with Gasteiger partial charge in [-0.2, -0.15) is 4.31 Å². The number of sulfonamides is 1. The topological polar surface area (TPSA) is 54.5 Å². The van der Waals surface area contributed by atoms with E-state index in [4.69, 9.17) is 0 Å². The SMILES string of the molecule is Cc1ccc(S(=O)(=O)N2CCCC(C=O)C2)cc1F. The van der Waals surface area contributed by atoms with E-state index >= 15 is 0 Å².